The molecule has 1 aliphatic rings. The van der Waals surface area contributed by atoms with Crippen molar-refractivity contribution < 1.29 is 19.4 Å². The van der Waals surface area contributed by atoms with Crippen LogP contribution in [0.1, 0.15) is 11.1 Å². The van der Waals surface area contributed by atoms with Gasteiger partial charge in [0, 0.05) is 32.2 Å². The van der Waals surface area contributed by atoms with Crippen molar-refractivity contribution in [3.63, 3.8) is 0 Å². The molecule has 20 heavy (non-hydrogen) atoms. The number of aliphatic hydroxyl groups excluding tert-OH is 1. The van der Waals surface area contributed by atoms with Crippen LogP contribution >= 0.6 is 0 Å². The lowest BCUT2D eigenvalue weighted by molar-refractivity contribution is -0.155. The number of methoxy groups -OCH3 is 1. The van der Waals surface area contributed by atoms with E-state index in [1.165, 1.54) is 9.80 Å². The molecular formula is C14H18N2O4. The first-order valence-electron chi connectivity index (χ1n) is 6.38. The van der Waals surface area contributed by atoms with Gasteiger partial charge in [-0.1, -0.05) is 6.07 Å². The van der Waals surface area contributed by atoms with Crippen molar-refractivity contribution in [2.75, 3.05) is 27.2 Å². The summed E-state index contributed by atoms with van der Waals surface area (Å²) in [4.78, 5) is 26.5. The number of amides is 2. The maximum atomic E-state index is 11.9. The molecule has 1 aliphatic heterocycles. The maximum absolute atomic E-state index is 11.9. The number of hydrogen-bond acceptors (Lipinski definition) is 4. The lowest BCUT2D eigenvalue weighted by Gasteiger charge is -2.31. The van der Waals surface area contributed by atoms with Crippen LogP contribution in [-0.4, -0.2) is 54.0 Å². The second-order valence-electron chi connectivity index (χ2n) is 4.76. The summed E-state index contributed by atoms with van der Waals surface area (Å²) in [6.45, 7) is 1.24. The zero-order valence-corrected chi connectivity index (χ0v) is 11.6. The van der Waals surface area contributed by atoms with Crippen LogP contribution in [0.2, 0.25) is 0 Å². The van der Waals surface area contributed by atoms with Crippen molar-refractivity contribution in [3.8, 4) is 5.75 Å². The van der Waals surface area contributed by atoms with Crippen molar-refractivity contribution >= 4 is 11.8 Å². The lowest BCUT2D eigenvalue weighted by atomic mass is 10.1. The summed E-state index contributed by atoms with van der Waals surface area (Å²) in [5.74, 6) is -0.356. The molecule has 0 aromatic heterocycles. The molecule has 0 spiro atoms. The summed E-state index contributed by atoms with van der Waals surface area (Å²) in [6.07, 6.45) is 0. The fraction of sp³-hybridized carbons (Fsp3) is 0.429. The van der Waals surface area contributed by atoms with Crippen LogP contribution in [0.4, 0.5) is 0 Å². The van der Waals surface area contributed by atoms with Crippen molar-refractivity contribution in [2.45, 2.75) is 13.2 Å². The second kappa shape index (κ2) is 5.92. The van der Waals surface area contributed by atoms with Crippen molar-refractivity contribution in [2.24, 2.45) is 0 Å². The second-order valence-corrected chi connectivity index (χ2v) is 4.76. The quantitative estimate of drug-likeness (QED) is 0.786. The van der Waals surface area contributed by atoms with Crippen LogP contribution in [0.25, 0.3) is 0 Å². The average molecular weight is 278 g/mol. The molecule has 1 heterocycles. The standard InChI is InChI=1S/C14H18N2O4/c1-15-5-6-16(14(19)13(15)18)8-11-7-10(9-17)3-4-12(11)20-2/h3-4,7,17H,5-6,8-9H2,1-2H3. The van der Waals surface area contributed by atoms with Gasteiger partial charge in [-0.25, -0.2) is 0 Å². The van der Waals surface area contributed by atoms with Gasteiger partial charge < -0.3 is 19.6 Å². The summed E-state index contributed by atoms with van der Waals surface area (Å²) in [6, 6.07) is 5.30. The van der Waals surface area contributed by atoms with Crippen molar-refractivity contribution in [1.29, 1.82) is 0 Å². The van der Waals surface area contributed by atoms with E-state index in [0.717, 1.165) is 11.1 Å². The molecule has 1 saturated heterocycles. The molecule has 0 aliphatic carbocycles. The van der Waals surface area contributed by atoms with E-state index in [1.807, 2.05) is 0 Å². The van der Waals surface area contributed by atoms with Gasteiger partial charge in [-0.2, -0.15) is 0 Å². The molecule has 1 fully saturated rings. The number of aliphatic hydroxyl groups is 1. The Morgan fingerprint density at radius 3 is 2.65 bits per heavy atom. The van der Waals surface area contributed by atoms with Crippen molar-refractivity contribution in [1.82, 2.24) is 9.80 Å². The number of piperazine rings is 1. The van der Waals surface area contributed by atoms with Crippen LogP contribution < -0.4 is 4.74 Å². The van der Waals surface area contributed by atoms with Gasteiger partial charge in [0.2, 0.25) is 0 Å². The summed E-state index contributed by atoms with van der Waals surface area (Å²) >= 11 is 0. The third kappa shape index (κ3) is 2.75. The summed E-state index contributed by atoms with van der Waals surface area (Å²) in [7, 11) is 3.17. The Morgan fingerprint density at radius 2 is 2.00 bits per heavy atom. The van der Waals surface area contributed by atoms with Crippen LogP contribution in [-0.2, 0) is 22.7 Å². The first-order chi connectivity index (χ1) is 9.56. The third-order valence-corrected chi connectivity index (χ3v) is 3.41. The fourth-order valence-corrected chi connectivity index (χ4v) is 2.18. The number of likely N-dealkylation sites (N-methyl/N-ethyl adjacent to an activating group) is 1. The Kier molecular flexibility index (Phi) is 4.24. The molecule has 0 atom stereocenters. The van der Waals surface area contributed by atoms with Gasteiger partial charge in [-0.3, -0.25) is 9.59 Å². The minimum absolute atomic E-state index is 0.0768. The van der Waals surface area contributed by atoms with E-state index in [1.54, 1.807) is 32.4 Å². The Balaban J connectivity index is 2.21. The predicted molar refractivity (Wildman–Crippen MR) is 72.0 cm³/mol. The highest BCUT2D eigenvalue weighted by molar-refractivity contribution is 6.35. The van der Waals surface area contributed by atoms with Gasteiger partial charge in [0.15, 0.2) is 0 Å². The molecule has 2 amide bonds. The Labute approximate surface area is 117 Å². The number of nitrogens with zero attached hydrogens (tertiary/aromatic N) is 2. The number of benzene rings is 1. The van der Waals surface area contributed by atoms with Crippen LogP contribution in [0.5, 0.6) is 5.75 Å². The van der Waals surface area contributed by atoms with Gasteiger partial charge in [-0.15, -0.1) is 0 Å². The Bertz CT molecular complexity index is 530. The normalized spacial score (nSPS) is 15.8. The zero-order valence-electron chi connectivity index (χ0n) is 11.6. The molecule has 1 aromatic rings. The Morgan fingerprint density at radius 1 is 1.25 bits per heavy atom. The van der Waals surface area contributed by atoms with Crippen LogP contribution in [0.3, 0.4) is 0 Å². The monoisotopic (exact) mass is 278 g/mol. The van der Waals surface area contributed by atoms with E-state index >= 15 is 0 Å². The number of hydrogen-bond donors (Lipinski definition) is 1. The minimum atomic E-state index is -0.504. The van der Waals surface area contributed by atoms with Gasteiger partial charge in [-0.05, 0) is 17.7 Å². The first-order valence-corrected chi connectivity index (χ1v) is 6.38. The largest absolute Gasteiger partial charge is 0.496 e. The molecule has 1 aromatic carbocycles. The molecule has 0 bridgehead atoms. The topological polar surface area (TPSA) is 70.1 Å². The van der Waals surface area contributed by atoms with Crippen LogP contribution in [0.15, 0.2) is 18.2 Å². The van der Waals surface area contributed by atoms with Crippen LogP contribution in [0, 0.1) is 0 Å². The minimum Gasteiger partial charge on any atom is -0.496 e. The van der Waals surface area contributed by atoms with E-state index in [-0.39, 0.29) is 6.61 Å². The lowest BCUT2D eigenvalue weighted by Crippen LogP contribution is -2.52. The average Bonchev–Trinajstić information content (AvgIpc) is 2.47. The van der Waals surface area contributed by atoms with E-state index in [2.05, 4.69) is 0 Å². The fourth-order valence-electron chi connectivity index (χ4n) is 2.18. The van der Waals surface area contributed by atoms with Gasteiger partial charge >= 0.3 is 11.8 Å². The van der Waals surface area contributed by atoms with E-state index < -0.39 is 11.8 Å². The molecule has 0 unspecified atom stereocenters. The molecule has 2 rings (SSSR count). The third-order valence-electron chi connectivity index (χ3n) is 3.41. The highest BCUT2D eigenvalue weighted by atomic mass is 16.5. The van der Waals surface area contributed by atoms with E-state index in [4.69, 9.17) is 4.74 Å². The number of rotatable bonds is 4. The summed E-state index contributed by atoms with van der Waals surface area (Å²) < 4.78 is 5.25. The molecule has 6 nitrogen and oxygen atoms in total. The molecule has 1 N–H and O–H groups in total. The number of carbonyl (C=O) groups is 2. The maximum Gasteiger partial charge on any atom is 0.312 e. The van der Waals surface area contributed by atoms with Gasteiger partial charge in [0.1, 0.15) is 5.75 Å². The van der Waals surface area contributed by atoms with Crippen molar-refractivity contribution in [3.05, 3.63) is 29.3 Å². The smallest absolute Gasteiger partial charge is 0.312 e. The molecule has 0 saturated carbocycles. The molecular weight excluding hydrogens is 260 g/mol. The van der Waals surface area contributed by atoms with E-state index in [0.29, 0.717) is 25.4 Å². The number of carbonyl (C=O) groups excluding carboxylic acids is 2. The molecule has 108 valence electrons. The zero-order chi connectivity index (χ0) is 14.7. The highest BCUT2D eigenvalue weighted by Crippen LogP contribution is 2.22. The summed E-state index contributed by atoms with van der Waals surface area (Å²) in [5, 5.41) is 9.18. The highest BCUT2D eigenvalue weighted by Gasteiger charge is 2.30. The molecule has 6 heteroatoms. The summed E-state index contributed by atoms with van der Waals surface area (Å²) in [5.41, 5.74) is 1.53. The first kappa shape index (κ1) is 14.3. The van der Waals surface area contributed by atoms with E-state index in [9.17, 15) is 14.7 Å². The predicted octanol–water partition coefficient (Wildman–Crippen LogP) is -0.0119. The Hall–Kier alpha value is -2.08. The SMILES string of the molecule is COc1ccc(CO)cc1CN1CCN(C)C(=O)C1=O. The van der Waals surface area contributed by atoms with Gasteiger partial charge in [0.05, 0.1) is 13.7 Å². The van der Waals surface area contributed by atoms with Gasteiger partial charge in [0.25, 0.3) is 0 Å². The number of ether oxygens (including phenoxy) is 1. The molecule has 0 radical (unpaired) electrons.